The van der Waals surface area contributed by atoms with Crippen LogP contribution >= 0.6 is 11.6 Å². The fourth-order valence-electron chi connectivity index (χ4n) is 1.40. The van der Waals surface area contributed by atoms with E-state index < -0.39 is 10.8 Å². The summed E-state index contributed by atoms with van der Waals surface area (Å²) < 4.78 is 0. The summed E-state index contributed by atoms with van der Waals surface area (Å²) in [4.78, 5) is 34.4. The molecule has 0 aliphatic heterocycles. The molecule has 21 heavy (non-hydrogen) atoms. The van der Waals surface area contributed by atoms with Crippen LogP contribution in [0, 0.1) is 10.1 Å². The van der Waals surface area contributed by atoms with Gasteiger partial charge in [0.05, 0.1) is 15.5 Å². The van der Waals surface area contributed by atoms with Gasteiger partial charge < -0.3 is 15.5 Å². The van der Waals surface area contributed by atoms with Crippen molar-refractivity contribution < 1.29 is 14.5 Å². The number of carbonyl (C=O) groups excluding carboxylic acids is 2. The first kappa shape index (κ1) is 16.7. The molecule has 1 aromatic rings. The third kappa shape index (κ3) is 4.92. The monoisotopic (exact) mass is 314 g/mol. The predicted molar refractivity (Wildman–Crippen MR) is 77.5 cm³/mol. The van der Waals surface area contributed by atoms with Gasteiger partial charge in [-0.3, -0.25) is 14.9 Å². The summed E-state index contributed by atoms with van der Waals surface area (Å²) in [6.45, 7) is 0.471. The quantitative estimate of drug-likeness (QED) is 0.485. The highest BCUT2D eigenvalue weighted by atomic mass is 35.5. The number of halogens is 1. The van der Waals surface area contributed by atoms with Gasteiger partial charge in [0.2, 0.25) is 0 Å². The zero-order valence-corrected chi connectivity index (χ0v) is 12.3. The van der Waals surface area contributed by atoms with Crippen molar-refractivity contribution in [1.29, 1.82) is 0 Å². The van der Waals surface area contributed by atoms with E-state index in [-0.39, 0.29) is 35.4 Å². The van der Waals surface area contributed by atoms with E-state index in [1.54, 1.807) is 14.1 Å². The molecule has 0 bridgehead atoms. The highest BCUT2D eigenvalue weighted by Gasteiger charge is 2.14. The smallest absolute Gasteiger partial charge is 0.316 e. The Labute approximate surface area is 126 Å². The van der Waals surface area contributed by atoms with E-state index in [0.717, 1.165) is 6.07 Å². The van der Waals surface area contributed by atoms with E-state index in [0.29, 0.717) is 0 Å². The van der Waals surface area contributed by atoms with Crippen molar-refractivity contribution >= 4 is 29.2 Å². The Kier molecular flexibility index (Phi) is 5.92. The molecule has 0 radical (unpaired) electrons. The molecule has 1 rings (SSSR count). The molecule has 0 spiro atoms. The summed E-state index contributed by atoms with van der Waals surface area (Å²) in [5.41, 5.74) is -0.0454. The fraction of sp³-hybridized carbons (Fsp3) is 0.333. The van der Waals surface area contributed by atoms with Crippen LogP contribution < -0.4 is 10.6 Å². The molecule has 0 atom stereocenters. The van der Waals surface area contributed by atoms with E-state index in [1.165, 1.54) is 17.0 Å². The molecule has 1 aromatic carbocycles. The molecule has 0 saturated heterocycles. The van der Waals surface area contributed by atoms with Gasteiger partial charge in [-0.2, -0.15) is 0 Å². The van der Waals surface area contributed by atoms with Crippen molar-refractivity contribution in [3.8, 4) is 0 Å². The van der Waals surface area contributed by atoms with Gasteiger partial charge in [-0.25, -0.2) is 4.79 Å². The topological polar surface area (TPSA) is 105 Å². The lowest BCUT2D eigenvalue weighted by Gasteiger charge is -2.12. The third-order valence-corrected chi connectivity index (χ3v) is 2.81. The number of hydrogen-bond acceptors (Lipinski definition) is 4. The maximum Gasteiger partial charge on any atom is 0.316 e. The fourth-order valence-corrected chi connectivity index (χ4v) is 1.66. The first-order valence-electron chi connectivity index (χ1n) is 6.00. The maximum atomic E-state index is 11.8. The minimum Gasteiger partial charge on any atom is -0.350 e. The van der Waals surface area contributed by atoms with Crippen LogP contribution in [-0.4, -0.2) is 48.9 Å². The average Bonchev–Trinajstić information content (AvgIpc) is 2.42. The van der Waals surface area contributed by atoms with Gasteiger partial charge in [0.1, 0.15) is 0 Å². The van der Waals surface area contributed by atoms with Crippen LogP contribution in [0.3, 0.4) is 0 Å². The van der Waals surface area contributed by atoms with Crippen LogP contribution in [0.1, 0.15) is 10.4 Å². The minimum absolute atomic E-state index is 0.000901. The lowest BCUT2D eigenvalue weighted by molar-refractivity contribution is -0.384. The number of non-ortho nitro benzene ring substituents is 1. The first-order valence-corrected chi connectivity index (χ1v) is 6.38. The van der Waals surface area contributed by atoms with Gasteiger partial charge in [0, 0.05) is 39.3 Å². The van der Waals surface area contributed by atoms with Crippen LogP contribution in [0.25, 0.3) is 0 Å². The van der Waals surface area contributed by atoms with Gasteiger partial charge >= 0.3 is 6.03 Å². The summed E-state index contributed by atoms with van der Waals surface area (Å²) in [5.74, 6) is -0.464. The number of carbonyl (C=O) groups is 2. The van der Waals surface area contributed by atoms with Crippen molar-refractivity contribution in [2.24, 2.45) is 0 Å². The second kappa shape index (κ2) is 7.44. The zero-order chi connectivity index (χ0) is 16.0. The van der Waals surface area contributed by atoms with E-state index in [2.05, 4.69) is 10.6 Å². The largest absolute Gasteiger partial charge is 0.350 e. The number of nitro benzene ring substituents is 1. The van der Waals surface area contributed by atoms with E-state index in [9.17, 15) is 19.7 Å². The number of nitrogens with one attached hydrogen (secondary N) is 2. The Hall–Kier alpha value is -2.35. The van der Waals surface area contributed by atoms with E-state index in [4.69, 9.17) is 11.6 Å². The van der Waals surface area contributed by atoms with Crippen LogP contribution in [0.4, 0.5) is 10.5 Å². The van der Waals surface area contributed by atoms with Crippen molar-refractivity contribution in [2.75, 3.05) is 27.2 Å². The molecule has 0 aliphatic carbocycles. The van der Waals surface area contributed by atoms with Gasteiger partial charge in [-0.1, -0.05) is 11.6 Å². The molecule has 3 amide bonds. The molecule has 0 saturated carbocycles. The molecular formula is C12H15ClN4O4. The second-order valence-electron chi connectivity index (χ2n) is 4.30. The van der Waals surface area contributed by atoms with Crippen LogP contribution in [0.5, 0.6) is 0 Å². The SMILES string of the molecule is CN(C)C(=O)NCCNC(=O)c1ccc([N+](=O)[O-])cc1Cl. The molecular weight excluding hydrogens is 300 g/mol. The summed E-state index contributed by atoms with van der Waals surface area (Å²) in [7, 11) is 3.20. The number of amides is 3. The average molecular weight is 315 g/mol. The second-order valence-corrected chi connectivity index (χ2v) is 4.71. The molecule has 0 unspecified atom stereocenters. The van der Waals surface area contributed by atoms with Crippen molar-refractivity contribution in [1.82, 2.24) is 15.5 Å². The number of hydrogen-bond donors (Lipinski definition) is 2. The molecule has 2 N–H and O–H groups in total. The molecule has 0 fully saturated rings. The zero-order valence-electron chi connectivity index (χ0n) is 11.6. The van der Waals surface area contributed by atoms with E-state index >= 15 is 0 Å². The molecule has 9 heteroatoms. The van der Waals surface area contributed by atoms with Crippen molar-refractivity contribution in [3.63, 3.8) is 0 Å². The molecule has 8 nitrogen and oxygen atoms in total. The molecule has 0 aromatic heterocycles. The Morgan fingerprint density at radius 1 is 1.29 bits per heavy atom. The predicted octanol–water partition coefficient (Wildman–Crippen LogP) is 1.25. The van der Waals surface area contributed by atoms with Gasteiger partial charge in [-0.15, -0.1) is 0 Å². The minimum atomic E-state index is -0.593. The maximum absolute atomic E-state index is 11.8. The lowest BCUT2D eigenvalue weighted by atomic mass is 10.2. The molecule has 0 aliphatic rings. The molecule has 114 valence electrons. The Balaban J connectivity index is 2.53. The number of benzene rings is 1. The summed E-state index contributed by atoms with van der Waals surface area (Å²) in [6, 6.07) is 3.34. The third-order valence-electron chi connectivity index (χ3n) is 2.50. The van der Waals surface area contributed by atoms with Crippen LogP contribution in [0.15, 0.2) is 18.2 Å². The van der Waals surface area contributed by atoms with Gasteiger partial charge in [-0.05, 0) is 6.07 Å². The van der Waals surface area contributed by atoms with Gasteiger partial charge in [0.25, 0.3) is 11.6 Å². The summed E-state index contributed by atoms with van der Waals surface area (Å²) >= 11 is 5.83. The van der Waals surface area contributed by atoms with Crippen molar-refractivity contribution in [2.45, 2.75) is 0 Å². The number of nitro groups is 1. The lowest BCUT2D eigenvalue weighted by Crippen LogP contribution is -2.39. The highest BCUT2D eigenvalue weighted by molar-refractivity contribution is 6.34. The normalized spacial score (nSPS) is 9.86. The van der Waals surface area contributed by atoms with Crippen molar-refractivity contribution in [3.05, 3.63) is 38.9 Å². The highest BCUT2D eigenvalue weighted by Crippen LogP contribution is 2.22. The number of rotatable bonds is 5. The van der Waals surface area contributed by atoms with Crippen LogP contribution in [0.2, 0.25) is 5.02 Å². The first-order chi connectivity index (χ1) is 9.82. The van der Waals surface area contributed by atoms with Crippen LogP contribution in [-0.2, 0) is 0 Å². The molecule has 0 heterocycles. The number of urea groups is 1. The Morgan fingerprint density at radius 3 is 2.43 bits per heavy atom. The van der Waals surface area contributed by atoms with E-state index in [1.807, 2.05) is 0 Å². The standard InChI is InChI=1S/C12H15ClN4O4/c1-16(2)12(19)15-6-5-14-11(18)9-4-3-8(17(20)21)7-10(9)13/h3-4,7H,5-6H2,1-2H3,(H,14,18)(H,15,19). The summed E-state index contributed by atoms with van der Waals surface area (Å²) in [5, 5.41) is 15.7. The Morgan fingerprint density at radius 2 is 1.90 bits per heavy atom. The van der Waals surface area contributed by atoms with Gasteiger partial charge in [0.15, 0.2) is 0 Å². The summed E-state index contributed by atoms with van der Waals surface area (Å²) in [6.07, 6.45) is 0. The Bertz CT molecular complexity index is 562. The number of nitrogens with zero attached hydrogens (tertiary/aromatic N) is 2.